The van der Waals surface area contributed by atoms with E-state index in [1.54, 1.807) is 17.0 Å². The summed E-state index contributed by atoms with van der Waals surface area (Å²) in [4.78, 5) is 29.7. The first kappa shape index (κ1) is 24.8. The summed E-state index contributed by atoms with van der Waals surface area (Å²) < 4.78 is 17.3. The summed E-state index contributed by atoms with van der Waals surface area (Å²) in [5.74, 6) is 0.602. The molecule has 184 valence electrons. The third-order valence-electron chi connectivity index (χ3n) is 5.64. The van der Waals surface area contributed by atoms with Crippen LogP contribution in [0.4, 0.5) is 0 Å². The van der Waals surface area contributed by atoms with Crippen LogP contribution in [0.15, 0.2) is 72.1 Å². The molecule has 1 N–H and O–H groups in total. The number of hydrogen-bond donors (Lipinski definition) is 1. The molecule has 0 saturated carbocycles. The highest BCUT2D eigenvalue weighted by molar-refractivity contribution is 7.10. The minimum Gasteiger partial charge on any atom is -0.485 e. The van der Waals surface area contributed by atoms with Gasteiger partial charge in [0.25, 0.3) is 5.91 Å². The second kappa shape index (κ2) is 12.4. The highest BCUT2D eigenvalue weighted by atomic mass is 32.1. The zero-order valence-electron chi connectivity index (χ0n) is 19.7. The van der Waals surface area contributed by atoms with Crippen LogP contribution in [0.2, 0.25) is 0 Å². The summed E-state index contributed by atoms with van der Waals surface area (Å²) in [5.41, 5.74) is 0.987. The average Bonchev–Trinajstić information content (AvgIpc) is 3.43. The fourth-order valence-corrected chi connectivity index (χ4v) is 4.76. The molecule has 7 nitrogen and oxygen atoms in total. The summed E-state index contributed by atoms with van der Waals surface area (Å²) in [6, 6.07) is 20.0. The molecule has 0 aliphatic carbocycles. The maximum absolute atomic E-state index is 13.8. The van der Waals surface area contributed by atoms with E-state index >= 15 is 0 Å². The number of nitrogens with one attached hydrogen (secondary N) is 1. The lowest BCUT2D eigenvalue weighted by molar-refractivity contribution is -0.148. The van der Waals surface area contributed by atoms with E-state index in [1.807, 2.05) is 66.9 Å². The Morgan fingerprint density at radius 1 is 1.09 bits per heavy atom. The van der Waals surface area contributed by atoms with Crippen LogP contribution in [0.5, 0.6) is 11.5 Å². The van der Waals surface area contributed by atoms with Gasteiger partial charge in [-0.2, -0.15) is 0 Å². The summed E-state index contributed by atoms with van der Waals surface area (Å²) >= 11 is 1.45. The first-order valence-corrected chi connectivity index (χ1v) is 12.7. The van der Waals surface area contributed by atoms with Crippen molar-refractivity contribution >= 4 is 23.2 Å². The number of nitrogens with zero attached hydrogens (tertiary/aromatic N) is 1. The van der Waals surface area contributed by atoms with Crippen molar-refractivity contribution in [2.45, 2.75) is 32.0 Å². The van der Waals surface area contributed by atoms with Crippen molar-refractivity contribution in [1.29, 1.82) is 0 Å². The monoisotopic (exact) mass is 494 g/mol. The molecule has 0 saturated heterocycles. The largest absolute Gasteiger partial charge is 0.485 e. The summed E-state index contributed by atoms with van der Waals surface area (Å²) in [5, 5.41) is 4.92. The zero-order valence-corrected chi connectivity index (χ0v) is 20.5. The van der Waals surface area contributed by atoms with Crippen molar-refractivity contribution in [2.75, 3.05) is 26.4 Å². The van der Waals surface area contributed by atoms with Gasteiger partial charge in [0, 0.05) is 31.2 Å². The molecule has 0 fully saturated rings. The van der Waals surface area contributed by atoms with Gasteiger partial charge in [0.05, 0.1) is 0 Å². The molecular formula is C27H30N2O5S. The third-order valence-corrected chi connectivity index (χ3v) is 6.57. The molecule has 2 heterocycles. The molecule has 0 bridgehead atoms. The predicted octanol–water partition coefficient (Wildman–Crippen LogP) is 4.20. The molecule has 2 atom stereocenters. The SMILES string of the molecule is CCOCCCN(C(=O)[C@@H]1COc2ccccc2O1)[C@H](C(=O)NCc1ccccc1)c1cccs1. The van der Waals surface area contributed by atoms with Gasteiger partial charge in [-0.3, -0.25) is 9.59 Å². The van der Waals surface area contributed by atoms with E-state index in [1.165, 1.54) is 11.3 Å². The van der Waals surface area contributed by atoms with Gasteiger partial charge in [-0.05, 0) is 42.5 Å². The molecule has 8 heteroatoms. The fourth-order valence-electron chi connectivity index (χ4n) is 3.93. The minimum absolute atomic E-state index is 0.0839. The quantitative estimate of drug-likeness (QED) is 0.404. The highest BCUT2D eigenvalue weighted by Crippen LogP contribution is 2.33. The number of ether oxygens (including phenoxy) is 3. The van der Waals surface area contributed by atoms with Crippen LogP contribution in [0.1, 0.15) is 29.8 Å². The number of benzene rings is 2. The van der Waals surface area contributed by atoms with Crippen LogP contribution in [-0.4, -0.2) is 49.2 Å². The molecule has 0 spiro atoms. The average molecular weight is 495 g/mol. The topological polar surface area (TPSA) is 77.1 Å². The maximum atomic E-state index is 13.8. The van der Waals surface area contributed by atoms with Crippen LogP contribution in [-0.2, 0) is 20.9 Å². The maximum Gasteiger partial charge on any atom is 0.268 e. The Morgan fingerprint density at radius 3 is 2.60 bits per heavy atom. The standard InChI is InChI=1S/C27H30N2O5S/c1-2-32-16-9-15-29(27(31)23-19-33-21-12-6-7-13-22(21)34-23)25(24-14-8-17-35-24)26(30)28-18-20-10-4-3-5-11-20/h3-8,10-14,17,23,25H,2,9,15-16,18-19H2,1H3,(H,28,30)/t23-,25-/m0/s1. The van der Waals surface area contributed by atoms with Gasteiger partial charge in [0.2, 0.25) is 12.0 Å². The molecular weight excluding hydrogens is 464 g/mol. The van der Waals surface area contributed by atoms with E-state index in [-0.39, 0.29) is 18.4 Å². The Hall–Kier alpha value is -3.36. The summed E-state index contributed by atoms with van der Waals surface area (Å²) in [6.45, 7) is 3.82. The predicted molar refractivity (Wildman–Crippen MR) is 135 cm³/mol. The van der Waals surface area contributed by atoms with E-state index in [2.05, 4.69) is 5.32 Å². The molecule has 1 aromatic heterocycles. The van der Waals surface area contributed by atoms with Crippen LogP contribution in [0.3, 0.4) is 0 Å². The van der Waals surface area contributed by atoms with Gasteiger partial charge in [-0.25, -0.2) is 0 Å². The van der Waals surface area contributed by atoms with Crippen LogP contribution < -0.4 is 14.8 Å². The van der Waals surface area contributed by atoms with Crippen molar-refractivity contribution in [3.8, 4) is 11.5 Å². The van der Waals surface area contributed by atoms with E-state index in [4.69, 9.17) is 14.2 Å². The Labute approximate surface area is 209 Å². The Morgan fingerprint density at radius 2 is 1.86 bits per heavy atom. The Kier molecular flexibility index (Phi) is 8.75. The van der Waals surface area contributed by atoms with Crippen LogP contribution in [0, 0.1) is 0 Å². The number of para-hydroxylation sites is 2. The smallest absolute Gasteiger partial charge is 0.268 e. The number of carbonyl (C=O) groups excluding carboxylic acids is 2. The van der Waals surface area contributed by atoms with Crippen molar-refractivity contribution in [2.24, 2.45) is 0 Å². The van der Waals surface area contributed by atoms with Crippen molar-refractivity contribution < 1.29 is 23.8 Å². The molecule has 35 heavy (non-hydrogen) atoms. The Balaban J connectivity index is 1.56. The van der Waals surface area contributed by atoms with Crippen LogP contribution >= 0.6 is 11.3 Å². The van der Waals surface area contributed by atoms with E-state index in [0.29, 0.717) is 44.2 Å². The van der Waals surface area contributed by atoms with Gasteiger partial charge in [-0.1, -0.05) is 48.5 Å². The van der Waals surface area contributed by atoms with Gasteiger partial charge in [0.15, 0.2) is 11.5 Å². The van der Waals surface area contributed by atoms with Crippen molar-refractivity contribution in [1.82, 2.24) is 10.2 Å². The van der Waals surface area contributed by atoms with E-state index in [0.717, 1.165) is 10.4 Å². The van der Waals surface area contributed by atoms with E-state index in [9.17, 15) is 9.59 Å². The molecule has 4 rings (SSSR count). The molecule has 0 unspecified atom stereocenters. The molecule has 0 radical (unpaired) electrons. The zero-order chi connectivity index (χ0) is 24.5. The van der Waals surface area contributed by atoms with Crippen LogP contribution in [0.25, 0.3) is 0 Å². The lowest BCUT2D eigenvalue weighted by Gasteiger charge is -2.34. The lowest BCUT2D eigenvalue weighted by atomic mass is 10.1. The van der Waals surface area contributed by atoms with Crippen molar-refractivity contribution in [3.63, 3.8) is 0 Å². The summed E-state index contributed by atoms with van der Waals surface area (Å²) in [6.07, 6.45) is -0.251. The van der Waals surface area contributed by atoms with Gasteiger partial charge < -0.3 is 24.4 Å². The number of hydrogen-bond acceptors (Lipinski definition) is 6. The second-order valence-electron chi connectivity index (χ2n) is 8.07. The second-order valence-corrected chi connectivity index (χ2v) is 9.05. The number of fused-ring (bicyclic) bond motifs is 1. The van der Waals surface area contributed by atoms with Gasteiger partial charge >= 0.3 is 0 Å². The number of carbonyl (C=O) groups is 2. The molecule has 1 aliphatic heterocycles. The lowest BCUT2D eigenvalue weighted by Crippen LogP contribution is -2.51. The molecule has 3 aromatic rings. The van der Waals surface area contributed by atoms with E-state index < -0.39 is 12.1 Å². The molecule has 1 aliphatic rings. The number of amides is 2. The number of thiophene rings is 1. The first-order chi connectivity index (χ1) is 17.2. The highest BCUT2D eigenvalue weighted by Gasteiger charge is 2.38. The molecule has 2 amide bonds. The normalized spacial score (nSPS) is 15.3. The number of rotatable bonds is 11. The minimum atomic E-state index is -0.846. The van der Waals surface area contributed by atoms with Gasteiger partial charge in [-0.15, -0.1) is 11.3 Å². The van der Waals surface area contributed by atoms with Gasteiger partial charge in [0.1, 0.15) is 12.6 Å². The Bertz CT molecular complexity index is 1090. The third kappa shape index (κ3) is 6.41. The fraction of sp³-hybridized carbons (Fsp3) is 0.333. The van der Waals surface area contributed by atoms with Crippen molar-refractivity contribution in [3.05, 3.63) is 82.6 Å². The first-order valence-electron chi connectivity index (χ1n) is 11.8. The molecule has 2 aromatic carbocycles. The summed E-state index contributed by atoms with van der Waals surface area (Å²) in [7, 11) is 0.